The third-order valence-corrected chi connectivity index (χ3v) is 5.65. The number of aryl methyl sites for hydroxylation is 1. The molecule has 1 aliphatic rings. The lowest BCUT2D eigenvalue weighted by atomic mass is 10.1. The van der Waals surface area contributed by atoms with E-state index in [1.807, 2.05) is 0 Å². The van der Waals surface area contributed by atoms with Gasteiger partial charge in [0, 0.05) is 19.0 Å². The van der Waals surface area contributed by atoms with Gasteiger partial charge in [-0.25, -0.2) is 8.42 Å². The fraction of sp³-hybridized carbons (Fsp3) is 0.500. The number of primary amides is 1. The predicted molar refractivity (Wildman–Crippen MR) is 83.2 cm³/mol. The molecule has 1 unspecified atom stereocenters. The number of nitrogens with two attached hydrogens (primary N) is 1. The number of alkyl halides is 1. The molecule has 0 saturated carbocycles. The number of ether oxygens (including phenoxy) is 1. The molecule has 1 amide bonds. The van der Waals surface area contributed by atoms with Crippen molar-refractivity contribution in [3.05, 3.63) is 29.8 Å². The zero-order valence-electron chi connectivity index (χ0n) is 12.1. The molecule has 1 saturated heterocycles. The van der Waals surface area contributed by atoms with E-state index >= 15 is 0 Å². The van der Waals surface area contributed by atoms with Crippen LogP contribution in [0.5, 0.6) is 0 Å². The van der Waals surface area contributed by atoms with Gasteiger partial charge < -0.3 is 10.5 Å². The number of carbonyl (C=O) groups excluding carboxylic acids is 1. The van der Waals surface area contributed by atoms with Gasteiger partial charge in [-0.15, -0.1) is 11.6 Å². The molecule has 1 heterocycles. The summed E-state index contributed by atoms with van der Waals surface area (Å²) in [4.78, 5) is 11.4. The van der Waals surface area contributed by atoms with Crippen molar-refractivity contribution in [3.8, 4) is 0 Å². The molecule has 8 heteroatoms. The highest BCUT2D eigenvalue weighted by molar-refractivity contribution is 7.89. The number of nitrogens with zero attached hydrogens (tertiary/aromatic N) is 1. The Kier molecular flexibility index (Phi) is 5.80. The van der Waals surface area contributed by atoms with E-state index < -0.39 is 22.0 Å². The Bertz CT molecular complexity index is 618. The van der Waals surface area contributed by atoms with Crippen molar-refractivity contribution < 1.29 is 17.9 Å². The summed E-state index contributed by atoms with van der Waals surface area (Å²) in [7, 11) is -3.65. The zero-order chi connectivity index (χ0) is 16.2. The first kappa shape index (κ1) is 17.2. The van der Waals surface area contributed by atoms with Crippen molar-refractivity contribution in [1.29, 1.82) is 0 Å². The highest BCUT2D eigenvalue weighted by atomic mass is 35.5. The van der Waals surface area contributed by atoms with Crippen LogP contribution in [0.4, 0.5) is 0 Å². The molecule has 1 fully saturated rings. The quantitative estimate of drug-likeness (QED) is 0.769. The standard InChI is InChI=1S/C14H19ClN2O4S/c15-7-1-2-11-3-5-12(6-4-11)22(19,20)17-8-9-21-13(10-17)14(16)18/h3-6,13H,1-2,7-10H2,(H2,16,18). The average Bonchev–Trinajstić information content (AvgIpc) is 2.53. The van der Waals surface area contributed by atoms with Gasteiger partial charge in [0.15, 0.2) is 0 Å². The molecule has 122 valence electrons. The maximum absolute atomic E-state index is 12.6. The van der Waals surface area contributed by atoms with E-state index in [1.165, 1.54) is 4.31 Å². The highest BCUT2D eigenvalue weighted by Crippen LogP contribution is 2.19. The van der Waals surface area contributed by atoms with Crippen molar-refractivity contribution >= 4 is 27.5 Å². The topological polar surface area (TPSA) is 89.7 Å². The van der Waals surface area contributed by atoms with E-state index in [9.17, 15) is 13.2 Å². The van der Waals surface area contributed by atoms with Crippen LogP contribution in [0, 0.1) is 0 Å². The Morgan fingerprint density at radius 1 is 1.36 bits per heavy atom. The van der Waals surface area contributed by atoms with E-state index in [0.29, 0.717) is 5.88 Å². The lowest BCUT2D eigenvalue weighted by Crippen LogP contribution is -2.50. The monoisotopic (exact) mass is 346 g/mol. The largest absolute Gasteiger partial charge is 0.367 e. The fourth-order valence-electron chi connectivity index (χ4n) is 2.26. The van der Waals surface area contributed by atoms with Crippen molar-refractivity contribution in [2.24, 2.45) is 5.73 Å². The molecule has 0 bridgehead atoms. The van der Waals surface area contributed by atoms with Crippen molar-refractivity contribution in [1.82, 2.24) is 4.31 Å². The molecule has 2 N–H and O–H groups in total. The van der Waals surface area contributed by atoms with Crippen LogP contribution < -0.4 is 5.73 Å². The van der Waals surface area contributed by atoms with E-state index in [-0.39, 0.29) is 24.6 Å². The van der Waals surface area contributed by atoms with E-state index in [2.05, 4.69) is 0 Å². The second-order valence-corrected chi connectivity index (χ2v) is 7.38. The fourth-order valence-corrected chi connectivity index (χ4v) is 3.82. The molecule has 1 aromatic rings. The van der Waals surface area contributed by atoms with Gasteiger partial charge in [-0.3, -0.25) is 4.79 Å². The summed E-state index contributed by atoms with van der Waals surface area (Å²) in [6.45, 7) is 0.312. The summed E-state index contributed by atoms with van der Waals surface area (Å²) < 4.78 is 31.6. The lowest BCUT2D eigenvalue weighted by Gasteiger charge is -2.30. The third-order valence-electron chi connectivity index (χ3n) is 3.51. The first-order chi connectivity index (χ1) is 10.4. The molecule has 22 heavy (non-hydrogen) atoms. The number of benzene rings is 1. The maximum atomic E-state index is 12.6. The van der Waals surface area contributed by atoms with Crippen LogP contribution in [-0.2, 0) is 26.0 Å². The number of amides is 1. The third kappa shape index (κ3) is 3.98. The summed E-state index contributed by atoms with van der Waals surface area (Å²) in [5, 5.41) is 0. The number of sulfonamides is 1. The van der Waals surface area contributed by atoms with Crippen molar-refractivity contribution in [2.45, 2.75) is 23.8 Å². The van der Waals surface area contributed by atoms with Gasteiger partial charge >= 0.3 is 0 Å². The maximum Gasteiger partial charge on any atom is 0.247 e. The minimum Gasteiger partial charge on any atom is -0.367 e. The Morgan fingerprint density at radius 3 is 2.64 bits per heavy atom. The van der Waals surface area contributed by atoms with E-state index in [0.717, 1.165) is 18.4 Å². The molecule has 6 nitrogen and oxygen atoms in total. The Labute approximate surface area is 135 Å². The van der Waals surface area contributed by atoms with Crippen LogP contribution in [0.25, 0.3) is 0 Å². The first-order valence-electron chi connectivity index (χ1n) is 7.01. The number of morpholine rings is 1. The van der Waals surface area contributed by atoms with E-state index in [1.54, 1.807) is 24.3 Å². The van der Waals surface area contributed by atoms with Crippen LogP contribution in [0.2, 0.25) is 0 Å². The molecule has 2 rings (SSSR count). The van der Waals surface area contributed by atoms with Gasteiger partial charge in [0.1, 0.15) is 6.10 Å². The molecular weight excluding hydrogens is 328 g/mol. The average molecular weight is 347 g/mol. The van der Waals surface area contributed by atoms with Gasteiger partial charge in [0.05, 0.1) is 11.5 Å². The van der Waals surface area contributed by atoms with Crippen LogP contribution in [0.1, 0.15) is 12.0 Å². The summed E-state index contributed by atoms with van der Waals surface area (Å²) >= 11 is 5.64. The second-order valence-electron chi connectivity index (χ2n) is 5.06. The summed E-state index contributed by atoms with van der Waals surface area (Å²) in [5.74, 6) is -0.0844. The SMILES string of the molecule is NC(=O)C1CN(S(=O)(=O)c2ccc(CCCCl)cc2)CCO1. The van der Waals surface area contributed by atoms with Gasteiger partial charge in [-0.05, 0) is 30.5 Å². The van der Waals surface area contributed by atoms with Crippen LogP contribution in [0.15, 0.2) is 29.2 Å². The molecule has 1 aromatic carbocycles. The number of carbonyl (C=O) groups is 1. The Morgan fingerprint density at radius 2 is 2.05 bits per heavy atom. The van der Waals surface area contributed by atoms with E-state index in [4.69, 9.17) is 22.1 Å². The minimum atomic E-state index is -3.65. The van der Waals surface area contributed by atoms with Crippen molar-refractivity contribution in [2.75, 3.05) is 25.6 Å². The Hall–Kier alpha value is -1.15. The summed E-state index contributed by atoms with van der Waals surface area (Å²) in [5.41, 5.74) is 6.22. The van der Waals surface area contributed by atoms with Gasteiger partial charge in [0.2, 0.25) is 15.9 Å². The normalized spacial score (nSPS) is 20.0. The predicted octanol–water partition coefficient (Wildman–Crippen LogP) is 0.733. The smallest absolute Gasteiger partial charge is 0.247 e. The number of hydrogen-bond acceptors (Lipinski definition) is 4. The van der Waals surface area contributed by atoms with Gasteiger partial charge in [-0.1, -0.05) is 12.1 Å². The molecular formula is C14H19ClN2O4S. The zero-order valence-corrected chi connectivity index (χ0v) is 13.6. The second kappa shape index (κ2) is 7.41. The number of halogens is 1. The van der Waals surface area contributed by atoms with Crippen molar-refractivity contribution in [3.63, 3.8) is 0 Å². The molecule has 0 radical (unpaired) electrons. The lowest BCUT2D eigenvalue weighted by molar-refractivity contribution is -0.132. The van der Waals surface area contributed by atoms with Crippen LogP contribution in [-0.4, -0.2) is 50.3 Å². The van der Waals surface area contributed by atoms with Gasteiger partial charge in [-0.2, -0.15) is 4.31 Å². The van der Waals surface area contributed by atoms with Crippen LogP contribution in [0.3, 0.4) is 0 Å². The number of rotatable bonds is 6. The minimum absolute atomic E-state index is 0.0499. The molecule has 0 aromatic heterocycles. The molecule has 0 aliphatic carbocycles. The van der Waals surface area contributed by atoms with Gasteiger partial charge in [0.25, 0.3) is 0 Å². The first-order valence-corrected chi connectivity index (χ1v) is 8.98. The molecule has 1 aliphatic heterocycles. The Balaban J connectivity index is 2.13. The number of hydrogen-bond donors (Lipinski definition) is 1. The summed E-state index contributed by atoms with van der Waals surface area (Å²) in [6.07, 6.45) is 0.759. The molecule has 1 atom stereocenters. The molecule has 0 spiro atoms. The highest BCUT2D eigenvalue weighted by Gasteiger charge is 2.33. The van der Waals surface area contributed by atoms with Crippen LogP contribution >= 0.6 is 11.6 Å². The summed E-state index contributed by atoms with van der Waals surface area (Å²) in [6, 6.07) is 6.72.